The van der Waals surface area contributed by atoms with Crippen LogP contribution in [0.4, 0.5) is 11.4 Å². The number of nitrogens with one attached hydrogen (secondary N) is 2. The van der Waals surface area contributed by atoms with Gasteiger partial charge in [0.1, 0.15) is 5.75 Å². The number of aromatic nitrogens is 1. The molecule has 4 aromatic rings. The van der Waals surface area contributed by atoms with Crippen molar-refractivity contribution in [2.75, 3.05) is 24.3 Å². The molecule has 0 bridgehead atoms. The van der Waals surface area contributed by atoms with E-state index in [2.05, 4.69) is 15.6 Å². The Balaban J connectivity index is 1.41. The maximum Gasteiger partial charge on any atom is 0.256 e. The molecule has 0 unspecified atom stereocenters. The molecule has 0 saturated carbocycles. The zero-order valence-corrected chi connectivity index (χ0v) is 17.9. The Hall–Kier alpha value is -4.12. The van der Waals surface area contributed by atoms with Gasteiger partial charge in [0, 0.05) is 41.8 Å². The van der Waals surface area contributed by atoms with Crippen LogP contribution in [0, 0.1) is 0 Å². The van der Waals surface area contributed by atoms with Gasteiger partial charge >= 0.3 is 0 Å². The van der Waals surface area contributed by atoms with Gasteiger partial charge in [-0.2, -0.15) is 0 Å². The second kappa shape index (κ2) is 10.3. The lowest BCUT2D eigenvalue weighted by molar-refractivity contribution is 0.102. The first-order valence-corrected chi connectivity index (χ1v) is 10.5. The van der Waals surface area contributed by atoms with Crippen LogP contribution in [0.1, 0.15) is 16.1 Å². The van der Waals surface area contributed by atoms with Crippen molar-refractivity contribution in [1.82, 2.24) is 4.98 Å². The smallest absolute Gasteiger partial charge is 0.256 e. The summed E-state index contributed by atoms with van der Waals surface area (Å²) < 4.78 is 5.33. The van der Waals surface area contributed by atoms with E-state index in [9.17, 15) is 4.79 Å². The van der Waals surface area contributed by atoms with Gasteiger partial charge in [0.25, 0.3) is 5.91 Å². The SMILES string of the molecule is COc1cccc(-c2ccccc2C(=O)Nc2ccc(NCCc3ccccn3)cc2)c1. The molecule has 1 amide bonds. The number of methoxy groups -OCH3 is 1. The Labute approximate surface area is 188 Å². The summed E-state index contributed by atoms with van der Waals surface area (Å²) in [7, 11) is 1.63. The number of hydrogen-bond donors (Lipinski definition) is 2. The summed E-state index contributed by atoms with van der Waals surface area (Å²) in [5.74, 6) is 0.600. The van der Waals surface area contributed by atoms with Crippen LogP contribution in [-0.4, -0.2) is 24.5 Å². The fraction of sp³-hybridized carbons (Fsp3) is 0.111. The summed E-state index contributed by atoms with van der Waals surface area (Å²) in [5.41, 5.74) is 5.19. The highest BCUT2D eigenvalue weighted by Gasteiger charge is 2.13. The van der Waals surface area contributed by atoms with Crippen LogP contribution < -0.4 is 15.4 Å². The van der Waals surface area contributed by atoms with Crippen molar-refractivity contribution in [3.05, 3.63) is 108 Å². The van der Waals surface area contributed by atoms with Crippen molar-refractivity contribution in [2.24, 2.45) is 0 Å². The van der Waals surface area contributed by atoms with Crippen molar-refractivity contribution >= 4 is 17.3 Å². The van der Waals surface area contributed by atoms with Crippen LogP contribution in [0.3, 0.4) is 0 Å². The number of benzene rings is 3. The molecule has 1 heterocycles. The molecule has 0 atom stereocenters. The third-order valence-corrected chi connectivity index (χ3v) is 5.13. The molecular weight excluding hydrogens is 398 g/mol. The molecule has 0 aliphatic heterocycles. The number of ether oxygens (including phenoxy) is 1. The molecule has 0 radical (unpaired) electrons. The normalized spacial score (nSPS) is 10.4. The fourth-order valence-corrected chi connectivity index (χ4v) is 3.47. The summed E-state index contributed by atoms with van der Waals surface area (Å²) in [5, 5.41) is 6.38. The van der Waals surface area contributed by atoms with Gasteiger partial charge in [-0.1, -0.05) is 36.4 Å². The molecule has 2 N–H and O–H groups in total. The highest BCUT2D eigenvalue weighted by Crippen LogP contribution is 2.27. The molecule has 160 valence electrons. The molecule has 5 nitrogen and oxygen atoms in total. The van der Waals surface area contributed by atoms with Crippen LogP contribution in [0.2, 0.25) is 0 Å². The van der Waals surface area contributed by atoms with Crippen LogP contribution in [0.25, 0.3) is 11.1 Å². The summed E-state index contributed by atoms with van der Waals surface area (Å²) in [6.07, 6.45) is 2.65. The predicted octanol–water partition coefficient (Wildman–Crippen LogP) is 5.66. The van der Waals surface area contributed by atoms with E-state index in [0.717, 1.165) is 46.9 Å². The second-order valence-electron chi connectivity index (χ2n) is 7.31. The van der Waals surface area contributed by atoms with Crippen molar-refractivity contribution < 1.29 is 9.53 Å². The molecule has 1 aromatic heterocycles. The summed E-state index contributed by atoms with van der Waals surface area (Å²) in [4.78, 5) is 17.3. The van der Waals surface area contributed by atoms with Gasteiger partial charge < -0.3 is 15.4 Å². The Kier molecular flexibility index (Phi) is 6.78. The summed E-state index contributed by atoms with van der Waals surface area (Å²) in [6.45, 7) is 0.788. The number of carbonyl (C=O) groups excluding carboxylic acids is 1. The lowest BCUT2D eigenvalue weighted by atomic mass is 9.99. The third-order valence-electron chi connectivity index (χ3n) is 5.13. The number of nitrogens with zero attached hydrogens (tertiary/aromatic N) is 1. The lowest BCUT2D eigenvalue weighted by Gasteiger charge is -2.12. The van der Waals surface area contributed by atoms with E-state index in [-0.39, 0.29) is 5.91 Å². The molecule has 32 heavy (non-hydrogen) atoms. The molecular formula is C27H25N3O2. The van der Waals surface area contributed by atoms with Crippen LogP contribution >= 0.6 is 0 Å². The molecule has 3 aromatic carbocycles. The standard InChI is InChI=1S/C27H25N3O2/c1-32-24-9-6-7-20(19-24)25-10-2-3-11-26(25)27(31)30-23-14-12-22(13-15-23)29-18-16-21-8-4-5-17-28-21/h2-15,17,19,29H,16,18H2,1H3,(H,30,31). The molecule has 5 heteroatoms. The monoisotopic (exact) mass is 423 g/mol. The van der Waals surface area contributed by atoms with Gasteiger partial charge in [0.15, 0.2) is 0 Å². The molecule has 4 rings (SSSR count). The van der Waals surface area contributed by atoms with Crippen LogP contribution in [0.15, 0.2) is 97.2 Å². The van der Waals surface area contributed by atoms with Gasteiger partial charge in [-0.25, -0.2) is 0 Å². The number of hydrogen-bond acceptors (Lipinski definition) is 4. The van der Waals surface area contributed by atoms with Crippen molar-refractivity contribution in [3.63, 3.8) is 0 Å². The first-order valence-electron chi connectivity index (χ1n) is 10.5. The lowest BCUT2D eigenvalue weighted by Crippen LogP contribution is -2.13. The van der Waals surface area contributed by atoms with Gasteiger partial charge in [-0.05, 0) is 65.7 Å². The van der Waals surface area contributed by atoms with Crippen LogP contribution in [-0.2, 0) is 6.42 Å². The van der Waals surface area contributed by atoms with Crippen LogP contribution in [0.5, 0.6) is 5.75 Å². The predicted molar refractivity (Wildman–Crippen MR) is 129 cm³/mol. The number of anilines is 2. The average Bonchev–Trinajstić information content (AvgIpc) is 2.86. The van der Waals surface area contributed by atoms with E-state index in [4.69, 9.17) is 4.74 Å². The van der Waals surface area contributed by atoms with Crippen molar-refractivity contribution in [2.45, 2.75) is 6.42 Å². The zero-order valence-electron chi connectivity index (χ0n) is 17.9. The Morgan fingerprint density at radius 2 is 1.66 bits per heavy atom. The summed E-state index contributed by atoms with van der Waals surface area (Å²) >= 11 is 0. The number of carbonyl (C=O) groups is 1. The van der Waals surface area contributed by atoms with E-state index in [1.807, 2.05) is 91.0 Å². The van der Waals surface area contributed by atoms with Gasteiger partial charge in [0.2, 0.25) is 0 Å². The van der Waals surface area contributed by atoms with E-state index in [0.29, 0.717) is 5.56 Å². The van der Waals surface area contributed by atoms with Crippen molar-refractivity contribution in [1.29, 1.82) is 0 Å². The first kappa shape index (κ1) is 21.1. The first-order chi connectivity index (χ1) is 15.7. The largest absolute Gasteiger partial charge is 0.497 e. The third kappa shape index (κ3) is 5.32. The van der Waals surface area contributed by atoms with E-state index in [1.54, 1.807) is 13.3 Å². The quantitative estimate of drug-likeness (QED) is 0.384. The minimum absolute atomic E-state index is 0.153. The summed E-state index contributed by atoms with van der Waals surface area (Å²) in [6, 6.07) is 28.9. The highest BCUT2D eigenvalue weighted by atomic mass is 16.5. The van der Waals surface area contributed by atoms with Gasteiger partial charge in [-0.15, -0.1) is 0 Å². The van der Waals surface area contributed by atoms with Crippen molar-refractivity contribution in [3.8, 4) is 16.9 Å². The maximum atomic E-state index is 13.0. The molecule has 0 aliphatic carbocycles. The van der Waals surface area contributed by atoms with E-state index < -0.39 is 0 Å². The topological polar surface area (TPSA) is 63.2 Å². The van der Waals surface area contributed by atoms with Gasteiger partial charge in [-0.3, -0.25) is 9.78 Å². The second-order valence-corrected chi connectivity index (χ2v) is 7.31. The fourth-order valence-electron chi connectivity index (χ4n) is 3.47. The molecule has 0 fully saturated rings. The van der Waals surface area contributed by atoms with Gasteiger partial charge in [0.05, 0.1) is 7.11 Å². The number of amides is 1. The number of pyridine rings is 1. The van der Waals surface area contributed by atoms with E-state index >= 15 is 0 Å². The maximum absolute atomic E-state index is 13.0. The Morgan fingerprint density at radius 3 is 2.44 bits per heavy atom. The molecule has 0 saturated heterocycles. The Morgan fingerprint density at radius 1 is 0.875 bits per heavy atom. The average molecular weight is 424 g/mol. The molecule has 0 spiro atoms. The minimum Gasteiger partial charge on any atom is -0.497 e. The number of rotatable bonds is 8. The Bertz CT molecular complexity index is 1170. The van der Waals surface area contributed by atoms with E-state index in [1.165, 1.54) is 0 Å². The zero-order chi connectivity index (χ0) is 22.2. The molecule has 0 aliphatic rings. The highest BCUT2D eigenvalue weighted by molar-refractivity contribution is 6.08. The minimum atomic E-state index is -0.153.